The van der Waals surface area contributed by atoms with E-state index in [0.717, 1.165) is 43.1 Å². The van der Waals surface area contributed by atoms with Gasteiger partial charge in [-0.2, -0.15) is 5.10 Å². The largest absolute Gasteiger partial charge is 0.497 e. The van der Waals surface area contributed by atoms with Gasteiger partial charge >= 0.3 is 0 Å². The van der Waals surface area contributed by atoms with Crippen LogP contribution in [-0.4, -0.2) is 23.4 Å². The van der Waals surface area contributed by atoms with Crippen LogP contribution in [0, 0.1) is 0 Å². The van der Waals surface area contributed by atoms with Crippen molar-refractivity contribution in [2.75, 3.05) is 19.4 Å². The van der Waals surface area contributed by atoms with Crippen LogP contribution in [0.1, 0.15) is 17.7 Å². The van der Waals surface area contributed by atoms with E-state index in [9.17, 15) is 0 Å². The molecule has 0 fully saturated rings. The molecule has 3 N–H and O–H groups in total. The smallest absolute Gasteiger partial charge is 0.127 e. The predicted molar refractivity (Wildman–Crippen MR) is 101 cm³/mol. The van der Waals surface area contributed by atoms with Crippen molar-refractivity contribution in [1.29, 1.82) is 0 Å². The van der Waals surface area contributed by atoms with Crippen LogP contribution in [0.25, 0.3) is 5.69 Å². The zero-order chi connectivity index (χ0) is 17.5. The molecule has 0 amide bonds. The molecule has 130 valence electrons. The summed E-state index contributed by atoms with van der Waals surface area (Å²) in [5.74, 6) is 1.56. The summed E-state index contributed by atoms with van der Waals surface area (Å²) in [7, 11) is 1.69. The molecule has 0 atom stereocenters. The Morgan fingerprint density at radius 3 is 2.72 bits per heavy atom. The second-order valence-electron chi connectivity index (χ2n) is 5.94. The molecular formula is C20H24N4O. The normalized spacial score (nSPS) is 10.8. The molecule has 0 unspecified atom stereocenters. The SMILES string of the molecule is COc1cccc(CNCCCc2cc(N)n(-c3ccccc3)n2)c1. The molecule has 1 heterocycles. The number of aryl methyl sites for hydroxylation is 1. The van der Waals surface area contributed by atoms with E-state index in [0.29, 0.717) is 5.82 Å². The molecule has 5 heteroatoms. The quantitative estimate of drug-likeness (QED) is 0.620. The van der Waals surface area contributed by atoms with Gasteiger partial charge in [-0.15, -0.1) is 0 Å². The van der Waals surface area contributed by atoms with Gasteiger partial charge in [-0.3, -0.25) is 0 Å². The van der Waals surface area contributed by atoms with Crippen molar-refractivity contribution in [3.8, 4) is 11.4 Å². The van der Waals surface area contributed by atoms with Crippen LogP contribution in [0.4, 0.5) is 5.82 Å². The van der Waals surface area contributed by atoms with Gasteiger partial charge in [0.25, 0.3) is 0 Å². The van der Waals surface area contributed by atoms with Crippen LogP contribution in [0.5, 0.6) is 5.75 Å². The number of methoxy groups -OCH3 is 1. The molecule has 5 nitrogen and oxygen atoms in total. The zero-order valence-electron chi connectivity index (χ0n) is 14.5. The maximum absolute atomic E-state index is 6.08. The average Bonchev–Trinajstić information content (AvgIpc) is 3.03. The number of hydrogen-bond donors (Lipinski definition) is 2. The minimum Gasteiger partial charge on any atom is -0.497 e. The second kappa shape index (κ2) is 8.35. The molecule has 2 aromatic carbocycles. The summed E-state index contributed by atoms with van der Waals surface area (Å²) in [5.41, 5.74) is 9.31. The van der Waals surface area contributed by atoms with E-state index in [-0.39, 0.29) is 0 Å². The summed E-state index contributed by atoms with van der Waals surface area (Å²) >= 11 is 0. The number of nitrogens with zero attached hydrogens (tertiary/aromatic N) is 2. The van der Waals surface area contributed by atoms with Crippen molar-refractivity contribution in [3.63, 3.8) is 0 Å². The Hall–Kier alpha value is -2.79. The van der Waals surface area contributed by atoms with Crippen LogP contribution in [-0.2, 0) is 13.0 Å². The number of para-hydroxylation sites is 1. The number of aromatic nitrogens is 2. The summed E-state index contributed by atoms with van der Waals surface area (Å²) < 4.78 is 7.03. The van der Waals surface area contributed by atoms with Crippen LogP contribution >= 0.6 is 0 Å². The Bertz CT molecular complexity index is 798. The van der Waals surface area contributed by atoms with Crippen LogP contribution < -0.4 is 15.8 Å². The number of rotatable bonds is 8. The highest BCUT2D eigenvalue weighted by Crippen LogP contribution is 2.15. The number of anilines is 1. The molecule has 0 saturated carbocycles. The number of nitrogens with two attached hydrogens (primary N) is 1. The van der Waals surface area contributed by atoms with E-state index in [2.05, 4.69) is 22.5 Å². The third-order valence-electron chi connectivity index (χ3n) is 4.04. The fraction of sp³-hybridized carbons (Fsp3) is 0.250. The van der Waals surface area contributed by atoms with Crippen molar-refractivity contribution < 1.29 is 4.74 Å². The van der Waals surface area contributed by atoms with E-state index < -0.39 is 0 Å². The average molecular weight is 336 g/mol. The molecule has 0 aliphatic rings. The highest BCUT2D eigenvalue weighted by atomic mass is 16.5. The molecule has 3 rings (SSSR count). The minimum absolute atomic E-state index is 0.672. The zero-order valence-corrected chi connectivity index (χ0v) is 14.5. The Morgan fingerprint density at radius 2 is 1.92 bits per heavy atom. The molecule has 3 aromatic rings. The van der Waals surface area contributed by atoms with Gasteiger partial charge in [-0.1, -0.05) is 30.3 Å². The molecule has 25 heavy (non-hydrogen) atoms. The summed E-state index contributed by atoms with van der Waals surface area (Å²) in [4.78, 5) is 0. The lowest BCUT2D eigenvalue weighted by atomic mass is 10.2. The van der Waals surface area contributed by atoms with Gasteiger partial charge in [0.05, 0.1) is 18.5 Å². The standard InChI is InChI=1S/C20H24N4O/c1-25-19-11-5-7-16(13-19)15-22-12-6-8-17-14-20(21)24(23-17)18-9-3-2-4-10-18/h2-5,7,9-11,13-14,22H,6,8,12,15,21H2,1H3. The van der Waals surface area contributed by atoms with Crippen molar-refractivity contribution >= 4 is 5.82 Å². The third kappa shape index (κ3) is 4.61. The first kappa shape index (κ1) is 17.0. The molecule has 1 aromatic heterocycles. The first-order valence-electron chi connectivity index (χ1n) is 8.50. The first-order valence-corrected chi connectivity index (χ1v) is 8.50. The van der Waals surface area contributed by atoms with Crippen LogP contribution in [0.3, 0.4) is 0 Å². The van der Waals surface area contributed by atoms with Gasteiger partial charge in [-0.05, 0) is 49.2 Å². The molecule has 0 aliphatic carbocycles. The number of nitrogens with one attached hydrogen (secondary N) is 1. The Morgan fingerprint density at radius 1 is 1.08 bits per heavy atom. The lowest BCUT2D eigenvalue weighted by Gasteiger charge is -2.06. The predicted octanol–water partition coefficient (Wildman–Crippen LogP) is 3.19. The molecule has 0 radical (unpaired) electrons. The summed E-state index contributed by atoms with van der Waals surface area (Å²) in [6, 6.07) is 20.0. The number of nitrogen functional groups attached to an aromatic ring is 1. The first-order chi connectivity index (χ1) is 12.3. The molecular weight excluding hydrogens is 312 g/mol. The van der Waals surface area contributed by atoms with Crippen molar-refractivity contribution in [3.05, 3.63) is 71.9 Å². The summed E-state index contributed by atoms with van der Waals surface area (Å²) in [6.45, 7) is 1.76. The fourth-order valence-corrected chi connectivity index (χ4v) is 2.75. The summed E-state index contributed by atoms with van der Waals surface area (Å²) in [5, 5.41) is 8.06. The van der Waals surface area contributed by atoms with Crippen molar-refractivity contribution in [2.45, 2.75) is 19.4 Å². The van der Waals surface area contributed by atoms with Gasteiger partial charge in [0.1, 0.15) is 11.6 Å². The van der Waals surface area contributed by atoms with Crippen LogP contribution in [0.2, 0.25) is 0 Å². The highest BCUT2D eigenvalue weighted by Gasteiger charge is 2.06. The monoisotopic (exact) mass is 336 g/mol. The lowest BCUT2D eigenvalue weighted by molar-refractivity contribution is 0.414. The van der Waals surface area contributed by atoms with Crippen molar-refractivity contribution in [1.82, 2.24) is 15.1 Å². The lowest BCUT2D eigenvalue weighted by Crippen LogP contribution is -2.15. The van der Waals surface area contributed by atoms with Gasteiger partial charge in [0.2, 0.25) is 0 Å². The maximum Gasteiger partial charge on any atom is 0.127 e. The van der Waals surface area contributed by atoms with Crippen molar-refractivity contribution in [2.24, 2.45) is 0 Å². The van der Waals surface area contributed by atoms with E-state index in [4.69, 9.17) is 10.5 Å². The van der Waals surface area contributed by atoms with Crippen LogP contribution in [0.15, 0.2) is 60.7 Å². The molecule has 0 spiro atoms. The maximum atomic E-state index is 6.08. The number of benzene rings is 2. The number of hydrogen-bond acceptors (Lipinski definition) is 4. The van der Waals surface area contributed by atoms with E-state index in [1.54, 1.807) is 11.8 Å². The fourth-order valence-electron chi connectivity index (χ4n) is 2.75. The van der Waals surface area contributed by atoms with Gasteiger partial charge in [0.15, 0.2) is 0 Å². The molecule has 0 bridgehead atoms. The van der Waals surface area contributed by atoms with Gasteiger partial charge in [0, 0.05) is 12.6 Å². The minimum atomic E-state index is 0.672. The Balaban J connectivity index is 1.46. The Kier molecular flexibility index (Phi) is 5.69. The second-order valence-corrected chi connectivity index (χ2v) is 5.94. The highest BCUT2D eigenvalue weighted by molar-refractivity contribution is 5.42. The van der Waals surface area contributed by atoms with E-state index in [1.807, 2.05) is 48.5 Å². The topological polar surface area (TPSA) is 65.1 Å². The van der Waals surface area contributed by atoms with Gasteiger partial charge in [-0.25, -0.2) is 4.68 Å². The summed E-state index contributed by atoms with van der Waals surface area (Å²) in [6.07, 6.45) is 1.91. The Labute approximate surface area is 148 Å². The molecule has 0 saturated heterocycles. The van der Waals surface area contributed by atoms with E-state index in [1.165, 1.54) is 5.56 Å². The van der Waals surface area contributed by atoms with Gasteiger partial charge < -0.3 is 15.8 Å². The molecule has 0 aliphatic heterocycles. The van der Waals surface area contributed by atoms with E-state index >= 15 is 0 Å². The third-order valence-corrected chi connectivity index (χ3v) is 4.04. The number of ether oxygens (including phenoxy) is 1.